The summed E-state index contributed by atoms with van der Waals surface area (Å²) in [5.41, 5.74) is 32.9. The minimum Gasteiger partial charge on any atom is -0.382 e. The lowest BCUT2D eigenvalue weighted by Crippen LogP contribution is -2.12. The number of allylic oxidation sites excluding steroid dienone is 1. The molecule has 3 radical (unpaired) electrons. The van der Waals surface area contributed by atoms with Crippen LogP contribution in [0.1, 0.15) is 56.9 Å². The normalized spacial score (nSPS) is 10.4. The van der Waals surface area contributed by atoms with E-state index in [0.29, 0.717) is 34.3 Å². The van der Waals surface area contributed by atoms with E-state index in [-0.39, 0.29) is 45.6 Å². The van der Waals surface area contributed by atoms with Gasteiger partial charge >= 0.3 is 0 Å². The molecule has 16 nitrogen and oxygen atoms in total. The number of nitrogens with zero attached hydrogens (tertiary/aromatic N) is 10. The van der Waals surface area contributed by atoms with Crippen LogP contribution in [0.2, 0.25) is 0 Å². The monoisotopic (exact) mass is 2110 g/mol. The third kappa shape index (κ3) is 27.5. The quantitative estimate of drug-likeness (QED) is 0.0192. The second-order valence-corrected chi connectivity index (χ2v) is 35.3. The SMILES string of the molecule is Brc1ccc(-c2cc(-c3ccccn3)nc(-c3ccccc3)n2)cc1.C.CC(=O)c1ccccn1.Cl.N=C(N)c1ccccn1.O=C(/C=C/c1ccc(Br)cc1)c1ccccn1.O=Cc1ccc(Br)cc1.[B].c1ccc(-c2ccc3[nH]c4ccc(-c5ccccc5)cc4c3c2)cc1.c1ccc(-c2ccc3c(c2)c2cc(-c4ccccc4)ccc2n3-c2ccc(-c3cc(-c4ccccn4)nc(-c4ccccc4)n3)cc2)cc1. The number of ketones is 2. The van der Waals surface area contributed by atoms with Crippen molar-refractivity contribution >= 4 is 142 Å². The number of nitrogen functional groups attached to an aromatic ring is 1. The number of carbonyl (C=O) groups excluding carboxylic acids is 3. The van der Waals surface area contributed by atoms with Gasteiger partial charge in [-0.15, -0.1) is 12.4 Å². The van der Waals surface area contributed by atoms with E-state index < -0.39 is 0 Å². The number of aromatic nitrogens is 11. The minimum atomic E-state index is -0.0893. The lowest BCUT2D eigenvalue weighted by Gasteiger charge is -2.11. The lowest BCUT2D eigenvalue weighted by molar-refractivity contribution is 0.101. The fraction of sp³-hybridized carbons (Fsp3) is 0.0160. The summed E-state index contributed by atoms with van der Waals surface area (Å²) in [4.78, 5) is 76.1. The van der Waals surface area contributed by atoms with Crippen LogP contribution in [0.5, 0.6) is 0 Å². The largest absolute Gasteiger partial charge is 0.382 e. The number of fused-ring (bicyclic) bond motifs is 6. The van der Waals surface area contributed by atoms with Gasteiger partial charge in [-0.25, -0.2) is 19.9 Å². The number of halogens is 4. The van der Waals surface area contributed by atoms with Crippen molar-refractivity contribution in [3.05, 3.63) is 534 Å². The van der Waals surface area contributed by atoms with E-state index in [4.69, 9.17) is 31.1 Å². The highest BCUT2D eigenvalue weighted by molar-refractivity contribution is 9.11. The van der Waals surface area contributed by atoms with Crippen molar-refractivity contribution in [2.24, 2.45) is 5.73 Å². The molecule has 0 amide bonds. The van der Waals surface area contributed by atoms with Crippen molar-refractivity contribution in [1.29, 1.82) is 5.41 Å². The molecule has 21 heteroatoms. The summed E-state index contributed by atoms with van der Waals surface area (Å²) in [7, 11) is 0. The number of pyridine rings is 5. The Labute approximate surface area is 881 Å². The third-order valence-electron chi connectivity index (χ3n) is 22.9. The highest BCUT2D eigenvalue weighted by Crippen LogP contribution is 2.40. The molecule has 4 N–H and O–H groups in total. The summed E-state index contributed by atoms with van der Waals surface area (Å²) >= 11 is 10.1. The Morgan fingerprint density at radius 2 is 0.616 bits per heavy atom. The number of aldehydes is 1. The molecule has 0 aliphatic carbocycles. The van der Waals surface area contributed by atoms with Gasteiger partial charge in [-0.05, 0) is 226 Å². The van der Waals surface area contributed by atoms with Crippen LogP contribution in [-0.2, 0) is 0 Å². The van der Waals surface area contributed by atoms with Gasteiger partial charge in [-0.1, -0.05) is 346 Å². The highest BCUT2D eigenvalue weighted by Gasteiger charge is 2.19. The van der Waals surface area contributed by atoms with E-state index in [0.717, 1.165) is 87.4 Å². The summed E-state index contributed by atoms with van der Waals surface area (Å²) < 4.78 is 5.42. The van der Waals surface area contributed by atoms with Crippen LogP contribution < -0.4 is 5.73 Å². The number of hydrogen-bond donors (Lipinski definition) is 3. The Balaban J connectivity index is 0.000000148. The molecule has 23 rings (SSSR count). The van der Waals surface area contributed by atoms with Crippen LogP contribution >= 0.6 is 60.2 Å². The second-order valence-electron chi connectivity index (χ2n) is 32.6. The van der Waals surface area contributed by atoms with Gasteiger partial charge in [0.05, 0.1) is 45.2 Å². The first kappa shape index (κ1) is 104. The standard InChI is InChI=1S/C45H30N4.C24H17N.C21H14BrN3.C14H10BrNO.C7H5BrO.C7H7NO.C6H7N3.CH4.B.ClH/c1-4-12-31(13-5-1)35-21-25-43-38(28-35)39-29-36(32-14-6-2-7-15-32)22-26-44(39)49(43)37-23-19-33(20-24-37)41-30-42(40-18-10-11-27-46-40)48-45(47-41)34-16-8-3-9-17-34;1-3-7-17(8-4-1)19-11-13-23-21(15-19)22-16-20(12-14-24(22)25-23)18-9-5-2-6-10-18;22-17-11-9-15(10-12-17)19-14-20(18-8-4-5-13-23-18)25-21(24-19)16-6-2-1-3-7-16;15-12-7-4-11(5-8-12)6-9-14(17)13-3-1-2-10-16-13;8-7-3-1-6(5-9)2-4-7;1-6(9)7-4-2-3-5-8-7;7-6(8)5-3-1-2-4-9-5;;;/h1-30H;1-16,25H;1-14H;1-10H;1-5H;2-5H,1H3;1-4H,(H3,7,8);1H4;;1H/b;;;9-6+;;;;;;. The maximum atomic E-state index is 11.7. The zero-order valence-electron chi connectivity index (χ0n) is 78.3. The number of H-pyrrole nitrogens is 1. The first-order chi connectivity index (χ1) is 70.1. The molecule has 23 aromatic rings. The van der Waals surface area contributed by atoms with E-state index >= 15 is 0 Å². The van der Waals surface area contributed by atoms with Crippen molar-refractivity contribution in [2.45, 2.75) is 14.4 Å². The number of benzene rings is 14. The fourth-order valence-corrected chi connectivity index (χ4v) is 16.5. The smallest absolute Gasteiger partial charge is 0.204 e. The van der Waals surface area contributed by atoms with Gasteiger partial charge in [0.25, 0.3) is 0 Å². The molecule has 9 aromatic heterocycles. The third-order valence-corrected chi connectivity index (χ3v) is 24.5. The zero-order valence-corrected chi connectivity index (χ0v) is 83.9. The van der Waals surface area contributed by atoms with Gasteiger partial charge in [0.2, 0.25) is 5.78 Å². The number of Topliss-reactive ketones (excluding diaryl/α,β-unsaturated/α-hetero) is 1. The number of rotatable bonds is 17. The highest BCUT2D eigenvalue weighted by atomic mass is 79.9. The summed E-state index contributed by atoms with van der Waals surface area (Å²) in [5, 5.41) is 11.9. The molecule has 0 bridgehead atoms. The molecule has 0 saturated carbocycles. The molecular weight excluding hydrogens is 2020 g/mol. The van der Waals surface area contributed by atoms with Gasteiger partial charge in [0, 0.05) is 126 Å². The van der Waals surface area contributed by atoms with E-state index in [1.165, 1.54) is 101 Å². The Morgan fingerprint density at radius 1 is 0.308 bits per heavy atom. The van der Waals surface area contributed by atoms with Crippen LogP contribution in [0.15, 0.2) is 505 Å². The van der Waals surface area contributed by atoms with Gasteiger partial charge in [-0.3, -0.25) is 44.7 Å². The summed E-state index contributed by atoms with van der Waals surface area (Å²) in [5.74, 6) is 1.30. The molecule has 0 spiro atoms. The Morgan fingerprint density at radius 3 is 0.952 bits per heavy atom. The lowest BCUT2D eigenvalue weighted by atomic mass is 10.0. The number of aromatic amines is 1. The molecule has 0 aliphatic heterocycles. The van der Waals surface area contributed by atoms with E-state index in [2.05, 4.69) is 301 Å². The molecule has 9 heterocycles. The maximum absolute atomic E-state index is 11.7. The molecule has 0 saturated heterocycles. The maximum Gasteiger partial charge on any atom is 0.204 e. The van der Waals surface area contributed by atoms with E-state index in [1.54, 1.807) is 104 Å². The predicted octanol–water partition coefficient (Wildman–Crippen LogP) is 31.9. The average Bonchev–Trinajstić information content (AvgIpc) is 1.60. The molecule has 0 fully saturated rings. The predicted molar refractivity (Wildman–Crippen MR) is 612 cm³/mol. The van der Waals surface area contributed by atoms with Gasteiger partial charge in [-0.2, -0.15) is 0 Å². The summed E-state index contributed by atoms with van der Waals surface area (Å²) in [6.07, 6.45) is 12.5. The Hall–Kier alpha value is -17.4. The molecule has 0 unspecified atom stereocenters. The number of hydrogen-bond acceptors (Lipinski definition) is 13. The van der Waals surface area contributed by atoms with Crippen LogP contribution in [0, 0.1) is 5.41 Å². The van der Waals surface area contributed by atoms with Gasteiger partial charge in [0.15, 0.2) is 17.4 Å². The minimum absolute atomic E-state index is 0. The molecule has 709 valence electrons. The van der Waals surface area contributed by atoms with Gasteiger partial charge < -0.3 is 15.3 Å². The number of nitrogens with two attached hydrogens (primary N) is 1. The average molecular weight is 2110 g/mol. The molecule has 14 aromatic carbocycles. The van der Waals surface area contributed by atoms with Crippen molar-refractivity contribution < 1.29 is 14.4 Å². The number of nitrogens with one attached hydrogen (secondary N) is 2. The number of carbonyl (C=O) groups is 3. The van der Waals surface area contributed by atoms with Crippen molar-refractivity contribution in [3.8, 4) is 118 Å². The molecule has 0 atom stereocenters. The first-order valence-electron chi connectivity index (χ1n) is 45.9. The van der Waals surface area contributed by atoms with Crippen molar-refractivity contribution in [2.75, 3.05) is 0 Å². The zero-order chi connectivity index (χ0) is 98.4. The van der Waals surface area contributed by atoms with Crippen LogP contribution in [0.25, 0.3) is 168 Å². The van der Waals surface area contributed by atoms with Crippen molar-refractivity contribution in [3.63, 3.8) is 0 Å². The van der Waals surface area contributed by atoms with Gasteiger partial charge in [0.1, 0.15) is 29.2 Å². The number of amidine groups is 1. The first-order valence-corrected chi connectivity index (χ1v) is 48.2. The van der Waals surface area contributed by atoms with Crippen molar-refractivity contribution in [1.82, 2.24) is 54.4 Å². The Kier molecular flexibility index (Phi) is 37.1. The fourth-order valence-electron chi connectivity index (χ4n) is 15.7. The van der Waals surface area contributed by atoms with E-state index in [9.17, 15) is 14.4 Å². The topological polar surface area (TPSA) is 238 Å². The van der Waals surface area contributed by atoms with Crippen LogP contribution in [0.3, 0.4) is 0 Å². The molecule has 0 aliphatic rings. The Bertz CT molecular complexity index is 7910. The second kappa shape index (κ2) is 51.9. The van der Waals surface area contributed by atoms with E-state index in [1.807, 2.05) is 170 Å². The molecular formula is C125H95BBr3ClN13O3. The van der Waals surface area contributed by atoms with Crippen LogP contribution in [-0.4, -0.2) is 86.5 Å². The summed E-state index contributed by atoms with van der Waals surface area (Å²) in [6, 6.07) is 153. The van der Waals surface area contributed by atoms with Crippen LogP contribution in [0.4, 0.5) is 0 Å². The molecule has 146 heavy (non-hydrogen) atoms. The summed E-state index contributed by atoms with van der Waals surface area (Å²) in [6.45, 7) is 1.50.